The first kappa shape index (κ1) is 19.1. The molecule has 1 aromatic rings. The van der Waals surface area contributed by atoms with Crippen LogP contribution in [0.4, 0.5) is 5.69 Å². The number of nitrogens with one attached hydrogen (secondary N) is 1. The van der Waals surface area contributed by atoms with E-state index < -0.39 is 0 Å². The topological polar surface area (TPSA) is 67.9 Å². The Kier molecular flexibility index (Phi) is 8.29. The van der Waals surface area contributed by atoms with Crippen LogP contribution in [0.3, 0.4) is 0 Å². The van der Waals surface area contributed by atoms with E-state index in [2.05, 4.69) is 5.32 Å². The number of carbonyl (C=O) groups is 2. The maximum Gasteiger partial charge on any atom is 0.254 e. The molecule has 0 heterocycles. The zero-order chi connectivity index (χ0) is 17.2. The molecule has 1 rings (SSSR count). The number of benzene rings is 1. The van der Waals surface area contributed by atoms with E-state index in [1.54, 1.807) is 31.3 Å². The zero-order valence-electron chi connectivity index (χ0n) is 14.3. The fourth-order valence-corrected chi connectivity index (χ4v) is 2.18. The lowest BCUT2D eigenvalue weighted by Gasteiger charge is -2.23. The lowest BCUT2D eigenvalue weighted by molar-refractivity contribution is -0.114. The molecule has 0 atom stereocenters. The lowest BCUT2D eigenvalue weighted by atomic mass is 10.1. The minimum Gasteiger partial charge on any atom is -0.385 e. The van der Waals surface area contributed by atoms with Crippen LogP contribution < -0.4 is 5.32 Å². The first-order valence-corrected chi connectivity index (χ1v) is 7.65. The average molecular weight is 322 g/mol. The maximum absolute atomic E-state index is 12.7. The van der Waals surface area contributed by atoms with Crippen LogP contribution in [0, 0.1) is 6.92 Å². The van der Waals surface area contributed by atoms with Crippen LogP contribution >= 0.6 is 0 Å². The van der Waals surface area contributed by atoms with Crippen LogP contribution in [0.15, 0.2) is 18.2 Å². The summed E-state index contributed by atoms with van der Waals surface area (Å²) in [4.78, 5) is 25.7. The van der Waals surface area contributed by atoms with Crippen molar-refractivity contribution in [2.45, 2.75) is 20.3 Å². The van der Waals surface area contributed by atoms with Crippen molar-refractivity contribution >= 4 is 17.5 Å². The number of amides is 2. The number of hydrogen-bond acceptors (Lipinski definition) is 4. The summed E-state index contributed by atoms with van der Waals surface area (Å²) < 4.78 is 10.1. The van der Waals surface area contributed by atoms with Crippen LogP contribution in [0.1, 0.15) is 29.3 Å². The number of rotatable bonds is 9. The highest BCUT2D eigenvalue weighted by Gasteiger charge is 2.16. The predicted molar refractivity (Wildman–Crippen MR) is 89.8 cm³/mol. The molecule has 0 unspecified atom stereocenters. The standard InChI is InChI=1S/C17H26N2O4/c1-13-6-7-15(12-16(13)18-14(2)20)17(21)19(9-11-23-4)8-5-10-22-3/h6-7,12H,5,8-11H2,1-4H3,(H,18,20). The van der Waals surface area contributed by atoms with E-state index in [1.165, 1.54) is 6.92 Å². The van der Waals surface area contributed by atoms with E-state index in [1.807, 2.05) is 13.0 Å². The third-order valence-corrected chi connectivity index (χ3v) is 3.42. The molecule has 2 amide bonds. The van der Waals surface area contributed by atoms with Gasteiger partial charge in [-0.3, -0.25) is 9.59 Å². The molecule has 6 nitrogen and oxygen atoms in total. The van der Waals surface area contributed by atoms with Crippen molar-refractivity contribution in [3.8, 4) is 0 Å². The Morgan fingerprint density at radius 3 is 2.43 bits per heavy atom. The Hall–Kier alpha value is -1.92. The minimum absolute atomic E-state index is 0.0789. The lowest BCUT2D eigenvalue weighted by Crippen LogP contribution is -2.35. The van der Waals surface area contributed by atoms with E-state index in [-0.39, 0.29) is 11.8 Å². The van der Waals surface area contributed by atoms with Crippen LogP contribution in [0.5, 0.6) is 0 Å². The molecule has 0 fully saturated rings. The van der Waals surface area contributed by atoms with Crippen molar-refractivity contribution < 1.29 is 19.1 Å². The van der Waals surface area contributed by atoms with Gasteiger partial charge in [0.05, 0.1) is 6.61 Å². The number of aryl methyl sites for hydroxylation is 1. The number of ether oxygens (including phenoxy) is 2. The fraction of sp³-hybridized carbons (Fsp3) is 0.529. The monoisotopic (exact) mass is 322 g/mol. The average Bonchev–Trinajstić information content (AvgIpc) is 2.52. The Bertz CT molecular complexity index is 531. The quantitative estimate of drug-likeness (QED) is 0.707. The van der Waals surface area contributed by atoms with Crippen molar-refractivity contribution in [3.63, 3.8) is 0 Å². The van der Waals surface area contributed by atoms with E-state index in [0.717, 1.165) is 12.0 Å². The van der Waals surface area contributed by atoms with Gasteiger partial charge in [-0.25, -0.2) is 0 Å². The summed E-state index contributed by atoms with van der Waals surface area (Å²) in [6.07, 6.45) is 0.760. The van der Waals surface area contributed by atoms with E-state index in [0.29, 0.717) is 37.6 Å². The third kappa shape index (κ3) is 6.38. The molecule has 128 valence electrons. The summed E-state index contributed by atoms with van der Waals surface area (Å²) in [7, 11) is 3.25. The largest absolute Gasteiger partial charge is 0.385 e. The summed E-state index contributed by atoms with van der Waals surface area (Å²) in [5, 5.41) is 2.75. The molecule has 0 saturated heterocycles. The van der Waals surface area contributed by atoms with Gasteiger partial charge in [0.2, 0.25) is 5.91 Å². The SMILES string of the molecule is COCCCN(CCOC)C(=O)c1ccc(C)c(NC(C)=O)c1. The number of nitrogens with zero attached hydrogens (tertiary/aromatic N) is 1. The van der Waals surface area contributed by atoms with E-state index in [9.17, 15) is 9.59 Å². The summed E-state index contributed by atoms with van der Waals surface area (Å²) in [6.45, 7) is 5.52. The van der Waals surface area contributed by atoms with Crippen LogP contribution in [-0.2, 0) is 14.3 Å². The zero-order valence-corrected chi connectivity index (χ0v) is 14.3. The van der Waals surface area contributed by atoms with Gasteiger partial charge >= 0.3 is 0 Å². The van der Waals surface area contributed by atoms with Gasteiger partial charge < -0.3 is 19.7 Å². The molecule has 1 N–H and O–H groups in total. The second kappa shape index (κ2) is 9.97. The highest BCUT2D eigenvalue weighted by atomic mass is 16.5. The van der Waals surface area contributed by atoms with Gasteiger partial charge in [0.1, 0.15) is 0 Å². The first-order valence-electron chi connectivity index (χ1n) is 7.65. The molecule has 6 heteroatoms. The Balaban J connectivity index is 2.90. The van der Waals surface area contributed by atoms with Crippen LogP contribution in [-0.4, -0.2) is 57.2 Å². The molecule has 0 spiro atoms. The van der Waals surface area contributed by atoms with Crippen molar-refractivity contribution in [1.82, 2.24) is 4.90 Å². The summed E-state index contributed by atoms with van der Waals surface area (Å²) in [5.41, 5.74) is 2.12. The normalized spacial score (nSPS) is 10.4. The Morgan fingerprint density at radius 2 is 1.83 bits per heavy atom. The first-order chi connectivity index (χ1) is 11.0. The van der Waals surface area contributed by atoms with Gasteiger partial charge in [0, 0.05) is 52.1 Å². The summed E-state index contributed by atoms with van der Waals surface area (Å²) in [6, 6.07) is 5.33. The van der Waals surface area contributed by atoms with Crippen molar-refractivity contribution in [1.29, 1.82) is 0 Å². The molecule has 23 heavy (non-hydrogen) atoms. The highest BCUT2D eigenvalue weighted by molar-refractivity contribution is 5.97. The van der Waals surface area contributed by atoms with Crippen LogP contribution in [0.2, 0.25) is 0 Å². The smallest absolute Gasteiger partial charge is 0.254 e. The van der Waals surface area contributed by atoms with Gasteiger partial charge in [0.25, 0.3) is 5.91 Å². The molecule has 0 aromatic heterocycles. The molecule has 1 aromatic carbocycles. The van der Waals surface area contributed by atoms with Gasteiger partial charge in [-0.2, -0.15) is 0 Å². The van der Waals surface area contributed by atoms with Crippen LogP contribution in [0.25, 0.3) is 0 Å². The van der Waals surface area contributed by atoms with Crippen molar-refractivity contribution in [2.75, 3.05) is 45.8 Å². The highest BCUT2D eigenvalue weighted by Crippen LogP contribution is 2.18. The number of anilines is 1. The van der Waals surface area contributed by atoms with E-state index in [4.69, 9.17) is 9.47 Å². The second-order valence-electron chi connectivity index (χ2n) is 5.34. The van der Waals surface area contributed by atoms with Crippen molar-refractivity contribution in [2.24, 2.45) is 0 Å². The molecular formula is C17H26N2O4. The van der Waals surface area contributed by atoms with Crippen molar-refractivity contribution in [3.05, 3.63) is 29.3 Å². The van der Waals surface area contributed by atoms with Gasteiger partial charge in [-0.05, 0) is 31.0 Å². The van der Waals surface area contributed by atoms with Gasteiger partial charge in [-0.15, -0.1) is 0 Å². The maximum atomic E-state index is 12.7. The fourth-order valence-electron chi connectivity index (χ4n) is 2.18. The molecule has 0 aliphatic heterocycles. The Labute approximate surface area is 137 Å². The molecule has 0 aliphatic carbocycles. The predicted octanol–water partition coefficient (Wildman–Crippen LogP) is 2.08. The molecule has 0 radical (unpaired) electrons. The third-order valence-electron chi connectivity index (χ3n) is 3.42. The van der Waals surface area contributed by atoms with Gasteiger partial charge in [0.15, 0.2) is 0 Å². The summed E-state index contributed by atoms with van der Waals surface area (Å²) in [5.74, 6) is -0.237. The number of carbonyl (C=O) groups excluding carboxylic acids is 2. The Morgan fingerprint density at radius 1 is 1.13 bits per heavy atom. The number of methoxy groups -OCH3 is 2. The summed E-state index contributed by atoms with van der Waals surface area (Å²) >= 11 is 0. The second-order valence-corrected chi connectivity index (χ2v) is 5.34. The van der Waals surface area contributed by atoms with E-state index >= 15 is 0 Å². The number of hydrogen-bond donors (Lipinski definition) is 1. The molecular weight excluding hydrogens is 296 g/mol. The minimum atomic E-state index is -0.158. The molecule has 0 aliphatic rings. The van der Waals surface area contributed by atoms with Gasteiger partial charge in [-0.1, -0.05) is 6.07 Å². The molecule has 0 saturated carbocycles. The molecule has 0 bridgehead atoms.